The Morgan fingerprint density at radius 3 is 2.48 bits per heavy atom. The quantitative estimate of drug-likeness (QED) is 0.493. The first-order valence-corrected chi connectivity index (χ1v) is 11.0. The maximum atomic E-state index is 13.4. The highest BCUT2D eigenvalue weighted by Gasteiger charge is 2.25. The second kappa shape index (κ2) is 11.2. The molecule has 1 amide bonds. The number of nitrogens with one attached hydrogen (secondary N) is 1. The third-order valence-corrected chi connectivity index (χ3v) is 5.51. The number of nitrogen functional groups attached to an aromatic ring is 1. The van der Waals surface area contributed by atoms with Crippen molar-refractivity contribution >= 4 is 17.4 Å². The number of aromatic nitrogens is 2. The molecule has 0 spiro atoms. The van der Waals surface area contributed by atoms with Crippen LogP contribution in [0.2, 0.25) is 0 Å². The van der Waals surface area contributed by atoms with E-state index in [2.05, 4.69) is 4.98 Å². The number of para-hydroxylation sites is 1. The van der Waals surface area contributed by atoms with E-state index in [1.165, 1.54) is 9.47 Å². The Morgan fingerprint density at radius 2 is 1.79 bits per heavy atom. The Labute approximate surface area is 192 Å². The number of aryl methyl sites for hydroxylation is 1. The first kappa shape index (κ1) is 23.8. The van der Waals surface area contributed by atoms with Gasteiger partial charge in [0.15, 0.2) is 5.69 Å². The van der Waals surface area contributed by atoms with Gasteiger partial charge in [0.05, 0.1) is 13.7 Å². The van der Waals surface area contributed by atoms with Gasteiger partial charge in [0.2, 0.25) is 5.91 Å². The van der Waals surface area contributed by atoms with Crippen LogP contribution in [0.25, 0.3) is 0 Å². The number of nitrogens with zero attached hydrogens (tertiary/aromatic N) is 2. The van der Waals surface area contributed by atoms with Crippen LogP contribution in [0.1, 0.15) is 37.3 Å². The zero-order chi connectivity index (χ0) is 23.8. The number of rotatable bonds is 10. The number of nitrogens with two attached hydrogens (primary N) is 1. The number of unbranched alkanes of at least 4 members (excludes halogenated alkanes) is 1. The van der Waals surface area contributed by atoms with Crippen molar-refractivity contribution in [3.05, 3.63) is 86.6 Å². The van der Waals surface area contributed by atoms with Crippen molar-refractivity contribution in [2.45, 2.75) is 45.7 Å². The van der Waals surface area contributed by atoms with Crippen molar-refractivity contribution in [1.82, 2.24) is 9.55 Å². The fraction of sp³-hybridized carbons (Fsp3) is 0.320. The van der Waals surface area contributed by atoms with E-state index >= 15 is 0 Å². The summed E-state index contributed by atoms with van der Waals surface area (Å²) in [5, 5.41) is 0. The molecule has 0 aliphatic rings. The molecule has 1 aromatic heterocycles. The maximum absolute atomic E-state index is 13.4. The van der Waals surface area contributed by atoms with Crippen molar-refractivity contribution in [3.8, 4) is 5.75 Å². The van der Waals surface area contributed by atoms with Crippen LogP contribution in [0.15, 0.2) is 64.2 Å². The predicted molar refractivity (Wildman–Crippen MR) is 130 cm³/mol. The van der Waals surface area contributed by atoms with E-state index < -0.39 is 11.2 Å². The molecule has 8 heteroatoms. The van der Waals surface area contributed by atoms with E-state index in [1.807, 2.05) is 55.5 Å². The molecule has 0 aliphatic carbocycles. The molecule has 2 aromatic carbocycles. The molecule has 0 fully saturated rings. The Morgan fingerprint density at radius 1 is 1.09 bits per heavy atom. The van der Waals surface area contributed by atoms with E-state index in [0.717, 1.165) is 17.5 Å². The lowest BCUT2D eigenvalue weighted by Crippen LogP contribution is -2.41. The van der Waals surface area contributed by atoms with Gasteiger partial charge in [-0.3, -0.25) is 24.0 Å². The summed E-state index contributed by atoms with van der Waals surface area (Å²) in [7, 11) is 1.55. The highest BCUT2D eigenvalue weighted by atomic mass is 16.5. The number of hydrogen-bond donors (Lipinski definition) is 2. The average molecular weight is 451 g/mol. The van der Waals surface area contributed by atoms with Gasteiger partial charge in [0.1, 0.15) is 11.6 Å². The summed E-state index contributed by atoms with van der Waals surface area (Å²) in [5.41, 5.74) is 6.76. The smallest absolute Gasteiger partial charge is 0.330 e. The Hall–Kier alpha value is -3.81. The number of ether oxygens (including phenoxy) is 1. The minimum Gasteiger partial charge on any atom is -0.496 e. The standard InChI is InChI=1S/C25H30N4O4/c1-3-4-16-28-23(26)22(24(31)27-25(28)32)29(17-19-12-8-9-13-20(19)33-2)21(30)15-14-18-10-6-5-7-11-18/h5-13H,3-4,14-17,26H2,1-2H3,(H,27,31,32). The second-order valence-electron chi connectivity index (χ2n) is 7.78. The average Bonchev–Trinajstić information content (AvgIpc) is 2.82. The van der Waals surface area contributed by atoms with Crippen LogP contribution >= 0.6 is 0 Å². The molecular formula is C25H30N4O4. The molecule has 174 valence electrons. The number of carbonyl (C=O) groups excluding carboxylic acids is 1. The van der Waals surface area contributed by atoms with E-state index in [1.54, 1.807) is 13.2 Å². The van der Waals surface area contributed by atoms with Crippen LogP contribution in [0, 0.1) is 0 Å². The van der Waals surface area contributed by atoms with Gasteiger partial charge in [-0.15, -0.1) is 0 Å². The lowest BCUT2D eigenvalue weighted by atomic mass is 10.1. The molecule has 0 saturated heterocycles. The minimum absolute atomic E-state index is 0.0137. The minimum atomic E-state index is -0.687. The molecule has 0 saturated carbocycles. The summed E-state index contributed by atoms with van der Waals surface area (Å²) in [5.74, 6) is 0.301. The Balaban J connectivity index is 2.03. The van der Waals surface area contributed by atoms with Crippen LogP contribution in [0.5, 0.6) is 5.75 Å². The van der Waals surface area contributed by atoms with Crippen molar-refractivity contribution in [3.63, 3.8) is 0 Å². The molecular weight excluding hydrogens is 420 g/mol. The van der Waals surface area contributed by atoms with Crippen LogP contribution < -0.4 is 26.6 Å². The first-order valence-electron chi connectivity index (χ1n) is 11.0. The van der Waals surface area contributed by atoms with Gasteiger partial charge in [-0.2, -0.15) is 0 Å². The highest BCUT2D eigenvalue weighted by molar-refractivity contribution is 5.95. The number of methoxy groups -OCH3 is 1. The fourth-order valence-electron chi connectivity index (χ4n) is 3.70. The lowest BCUT2D eigenvalue weighted by Gasteiger charge is -2.25. The number of H-pyrrole nitrogens is 1. The van der Waals surface area contributed by atoms with Gasteiger partial charge < -0.3 is 10.5 Å². The summed E-state index contributed by atoms with van der Waals surface area (Å²) in [6.45, 7) is 2.43. The first-order chi connectivity index (χ1) is 16.0. The third-order valence-electron chi connectivity index (χ3n) is 5.51. The van der Waals surface area contributed by atoms with Crippen molar-refractivity contribution < 1.29 is 9.53 Å². The van der Waals surface area contributed by atoms with Crippen LogP contribution in [-0.4, -0.2) is 22.6 Å². The number of anilines is 2. The number of amides is 1. The van der Waals surface area contributed by atoms with Gasteiger partial charge in [0.25, 0.3) is 5.56 Å². The van der Waals surface area contributed by atoms with Gasteiger partial charge in [0, 0.05) is 18.5 Å². The monoisotopic (exact) mass is 450 g/mol. The lowest BCUT2D eigenvalue weighted by molar-refractivity contribution is -0.118. The summed E-state index contributed by atoms with van der Waals surface area (Å²) >= 11 is 0. The topological polar surface area (TPSA) is 110 Å². The Bertz CT molecular complexity index is 1200. The second-order valence-corrected chi connectivity index (χ2v) is 7.78. The molecule has 0 aliphatic heterocycles. The zero-order valence-corrected chi connectivity index (χ0v) is 19.0. The molecule has 3 aromatic rings. The van der Waals surface area contributed by atoms with Crippen LogP contribution in [0.4, 0.5) is 11.5 Å². The molecule has 0 radical (unpaired) electrons. The summed E-state index contributed by atoms with van der Waals surface area (Å²) < 4.78 is 6.76. The molecule has 33 heavy (non-hydrogen) atoms. The number of carbonyl (C=O) groups is 1. The molecule has 8 nitrogen and oxygen atoms in total. The fourth-order valence-corrected chi connectivity index (χ4v) is 3.70. The summed E-state index contributed by atoms with van der Waals surface area (Å²) in [6.07, 6.45) is 2.24. The number of aromatic amines is 1. The van der Waals surface area contributed by atoms with Gasteiger partial charge in [-0.05, 0) is 24.5 Å². The molecule has 1 heterocycles. The largest absolute Gasteiger partial charge is 0.496 e. The SMILES string of the molecule is CCCCn1c(N)c(N(Cc2ccccc2OC)C(=O)CCc2ccccc2)c(=O)[nH]c1=O. The highest BCUT2D eigenvalue weighted by Crippen LogP contribution is 2.25. The molecule has 3 rings (SSSR count). The Kier molecular flexibility index (Phi) is 8.07. The summed E-state index contributed by atoms with van der Waals surface area (Å²) in [6, 6.07) is 16.9. The summed E-state index contributed by atoms with van der Waals surface area (Å²) in [4.78, 5) is 42.4. The predicted octanol–water partition coefficient (Wildman–Crippen LogP) is 3.09. The molecule has 0 bridgehead atoms. The van der Waals surface area contributed by atoms with Crippen LogP contribution in [-0.2, 0) is 24.3 Å². The number of benzene rings is 2. The van der Waals surface area contributed by atoms with Crippen molar-refractivity contribution in [1.29, 1.82) is 0 Å². The maximum Gasteiger partial charge on any atom is 0.330 e. The van der Waals surface area contributed by atoms with E-state index in [4.69, 9.17) is 10.5 Å². The van der Waals surface area contributed by atoms with E-state index in [-0.39, 0.29) is 30.4 Å². The molecule has 0 unspecified atom stereocenters. The van der Waals surface area contributed by atoms with Gasteiger partial charge in [-0.1, -0.05) is 61.9 Å². The molecule has 3 N–H and O–H groups in total. The van der Waals surface area contributed by atoms with E-state index in [9.17, 15) is 14.4 Å². The van der Waals surface area contributed by atoms with E-state index in [0.29, 0.717) is 25.1 Å². The molecule has 0 atom stereocenters. The van der Waals surface area contributed by atoms with Crippen LogP contribution in [0.3, 0.4) is 0 Å². The van der Waals surface area contributed by atoms with Gasteiger partial charge in [-0.25, -0.2) is 4.79 Å². The van der Waals surface area contributed by atoms with Crippen molar-refractivity contribution in [2.24, 2.45) is 0 Å². The van der Waals surface area contributed by atoms with Gasteiger partial charge >= 0.3 is 5.69 Å². The van der Waals surface area contributed by atoms with Crippen molar-refractivity contribution in [2.75, 3.05) is 17.7 Å². The normalized spacial score (nSPS) is 10.7. The zero-order valence-electron chi connectivity index (χ0n) is 19.0. The third kappa shape index (κ3) is 5.71. The number of hydrogen-bond acceptors (Lipinski definition) is 5.